The van der Waals surface area contributed by atoms with Crippen LogP contribution >= 0.6 is 0 Å². The Balaban J connectivity index is 1.73. The lowest BCUT2D eigenvalue weighted by Gasteiger charge is -2.14. The molecule has 1 aromatic heterocycles. The van der Waals surface area contributed by atoms with Crippen molar-refractivity contribution in [1.29, 1.82) is 0 Å². The van der Waals surface area contributed by atoms with Gasteiger partial charge >= 0.3 is 0 Å². The summed E-state index contributed by atoms with van der Waals surface area (Å²) in [4.78, 5) is 9.05. The molecule has 0 aliphatic heterocycles. The van der Waals surface area contributed by atoms with E-state index < -0.39 is 0 Å². The van der Waals surface area contributed by atoms with Gasteiger partial charge in [0.15, 0.2) is 0 Å². The molecule has 0 spiro atoms. The van der Waals surface area contributed by atoms with Crippen LogP contribution in [0.3, 0.4) is 0 Å². The first-order valence-electron chi connectivity index (χ1n) is 7.76. The summed E-state index contributed by atoms with van der Waals surface area (Å²) in [7, 11) is 1.66. The van der Waals surface area contributed by atoms with Crippen LogP contribution in [0.1, 0.15) is 31.4 Å². The van der Waals surface area contributed by atoms with Crippen LogP contribution in [-0.4, -0.2) is 23.1 Å². The summed E-state index contributed by atoms with van der Waals surface area (Å²) >= 11 is 0. The summed E-state index contributed by atoms with van der Waals surface area (Å²) in [5.41, 5.74) is 1.93. The van der Waals surface area contributed by atoms with Gasteiger partial charge in [-0.05, 0) is 44.0 Å². The van der Waals surface area contributed by atoms with Gasteiger partial charge in [-0.2, -0.15) is 4.98 Å². The van der Waals surface area contributed by atoms with Crippen molar-refractivity contribution >= 4 is 17.5 Å². The van der Waals surface area contributed by atoms with Crippen LogP contribution in [0.4, 0.5) is 17.5 Å². The number of hydrogen-bond donors (Lipinski definition) is 2. The minimum Gasteiger partial charge on any atom is -0.497 e. The molecule has 1 aliphatic carbocycles. The van der Waals surface area contributed by atoms with E-state index in [9.17, 15) is 0 Å². The summed E-state index contributed by atoms with van der Waals surface area (Å²) < 4.78 is 5.17. The lowest BCUT2D eigenvalue weighted by Crippen LogP contribution is -2.17. The summed E-state index contributed by atoms with van der Waals surface area (Å²) in [6, 6.07) is 10.3. The van der Waals surface area contributed by atoms with Crippen molar-refractivity contribution in [2.75, 3.05) is 17.7 Å². The van der Waals surface area contributed by atoms with Gasteiger partial charge in [-0.25, -0.2) is 4.98 Å². The number of anilines is 3. The van der Waals surface area contributed by atoms with Gasteiger partial charge in [-0.15, -0.1) is 0 Å². The monoisotopic (exact) mass is 298 g/mol. The van der Waals surface area contributed by atoms with E-state index in [1.54, 1.807) is 7.11 Å². The summed E-state index contributed by atoms with van der Waals surface area (Å²) in [5, 5.41) is 6.76. The van der Waals surface area contributed by atoms with Crippen molar-refractivity contribution in [3.8, 4) is 5.75 Å². The van der Waals surface area contributed by atoms with Crippen molar-refractivity contribution in [3.05, 3.63) is 36.0 Å². The summed E-state index contributed by atoms with van der Waals surface area (Å²) in [5.74, 6) is 2.36. The highest BCUT2D eigenvalue weighted by atomic mass is 16.5. The number of nitrogens with one attached hydrogen (secondary N) is 2. The maximum absolute atomic E-state index is 5.17. The molecule has 5 heteroatoms. The Morgan fingerprint density at radius 1 is 1.09 bits per heavy atom. The number of benzene rings is 1. The number of aromatic nitrogens is 2. The van der Waals surface area contributed by atoms with E-state index in [0.717, 1.165) is 22.9 Å². The fourth-order valence-electron chi connectivity index (χ4n) is 2.77. The molecule has 1 heterocycles. The van der Waals surface area contributed by atoms with Crippen molar-refractivity contribution < 1.29 is 4.74 Å². The molecule has 1 aliphatic rings. The SMILES string of the molecule is COc1ccc(Nc2cc(C)nc(NC3CCCC3)n2)cc1. The Bertz CT molecular complexity index is 621. The highest BCUT2D eigenvalue weighted by molar-refractivity contribution is 5.58. The van der Waals surface area contributed by atoms with Gasteiger partial charge in [0, 0.05) is 23.5 Å². The first-order valence-corrected chi connectivity index (χ1v) is 7.76. The lowest BCUT2D eigenvalue weighted by atomic mass is 10.2. The van der Waals surface area contributed by atoms with Gasteiger partial charge in [0.05, 0.1) is 7.11 Å². The van der Waals surface area contributed by atoms with Crippen LogP contribution in [-0.2, 0) is 0 Å². The Hall–Kier alpha value is -2.30. The van der Waals surface area contributed by atoms with Crippen LogP contribution in [0.25, 0.3) is 0 Å². The maximum atomic E-state index is 5.17. The molecule has 5 nitrogen and oxygen atoms in total. The molecule has 116 valence electrons. The van der Waals surface area contributed by atoms with Gasteiger partial charge in [0.2, 0.25) is 5.95 Å². The van der Waals surface area contributed by atoms with Crippen LogP contribution in [0, 0.1) is 6.92 Å². The molecule has 1 fully saturated rings. The average molecular weight is 298 g/mol. The molecule has 0 atom stereocenters. The van der Waals surface area contributed by atoms with E-state index in [-0.39, 0.29) is 0 Å². The third-order valence-electron chi connectivity index (χ3n) is 3.91. The zero-order valence-electron chi connectivity index (χ0n) is 13.1. The van der Waals surface area contributed by atoms with Crippen molar-refractivity contribution in [2.45, 2.75) is 38.6 Å². The predicted octanol–water partition coefficient (Wildman–Crippen LogP) is 3.89. The van der Waals surface area contributed by atoms with Gasteiger partial charge in [0.25, 0.3) is 0 Å². The second-order valence-corrected chi connectivity index (χ2v) is 5.70. The zero-order chi connectivity index (χ0) is 15.4. The second-order valence-electron chi connectivity index (χ2n) is 5.70. The Kier molecular flexibility index (Phi) is 4.42. The zero-order valence-corrected chi connectivity index (χ0v) is 13.1. The first kappa shape index (κ1) is 14.6. The van der Waals surface area contributed by atoms with Crippen LogP contribution in [0.15, 0.2) is 30.3 Å². The molecule has 0 bridgehead atoms. The van der Waals surface area contributed by atoms with Gasteiger partial charge in [-0.1, -0.05) is 12.8 Å². The molecule has 0 saturated heterocycles. The average Bonchev–Trinajstić information content (AvgIpc) is 3.00. The van der Waals surface area contributed by atoms with E-state index in [1.807, 2.05) is 37.3 Å². The van der Waals surface area contributed by atoms with Crippen molar-refractivity contribution in [2.24, 2.45) is 0 Å². The Labute approximate surface area is 131 Å². The fourth-order valence-corrected chi connectivity index (χ4v) is 2.77. The Morgan fingerprint density at radius 2 is 1.82 bits per heavy atom. The smallest absolute Gasteiger partial charge is 0.225 e. The number of aryl methyl sites for hydroxylation is 1. The molecule has 2 aromatic rings. The molecule has 1 saturated carbocycles. The van der Waals surface area contributed by atoms with E-state index in [2.05, 4.69) is 20.6 Å². The fraction of sp³-hybridized carbons (Fsp3) is 0.412. The minimum atomic E-state index is 0.510. The van der Waals surface area contributed by atoms with Gasteiger partial charge in [-0.3, -0.25) is 0 Å². The second kappa shape index (κ2) is 6.64. The molecular formula is C17H22N4O. The van der Waals surface area contributed by atoms with Crippen molar-refractivity contribution in [3.63, 3.8) is 0 Å². The predicted molar refractivity (Wildman–Crippen MR) is 88.9 cm³/mol. The third kappa shape index (κ3) is 3.67. The molecule has 3 rings (SSSR count). The first-order chi connectivity index (χ1) is 10.7. The molecular weight excluding hydrogens is 276 g/mol. The number of rotatable bonds is 5. The number of methoxy groups -OCH3 is 1. The van der Waals surface area contributed by atoms with E-state index in [4.69, 9.17) is 4.74 Å². The van der Waals surface area contributed by atoms with Crippen LogP contribution in [0.5, 0.6) is 5.75 Å². The third-order valence-corrected chi connectivity index (χ3v) is 3.91. The Morgan fingerprint density at radius 3 is 2.50 bits per heavy atom. The van der Waals surface area contributed by atoms with E-state index in [1.165, 1.54) is 25.7 Å². The van der Waals surface area contributed by atoms with Crippen LogP contribution in [0.2, 0.25) is 0 Å². The molecule has 1 aromatic carbocycles. The van der Waals surface area contributed by atoms with Gasteiger partial charge in [0.1, 0.15) is 11.6 Å². The molecule has 22 heavy (non-hydrogen) atoms. The van der Waals surface area contributed by atoms with E-state index in [0.29, 0.717) is 12.0 Å². The van der Waals surface area contributed by atoms with Crippen molar-refractivity contribution in [1.82, 2.24) is 9.97 Å². The van der Waals surface area contributed by atoms with Crippen LogP contribution < -0.4 is 15.4 Å². The minimum absolute atomic E-state index is 0.510. The molecule has 0 unspecified atom stereocenters. The molecule has 2 N–H and O–H groups in total. The largest absolute Gasteiger partial charge is 0.497 e. The maximum Gasteiger partial charge on any atom is 0.225 e. The highest BCUT2D eigenvalue weighted by Crippen LogP contribution is 2.23. The summed E-state index contributed by atoms with van der Waals surface area (Å²) in [6.45, 7) is 1.99. The van der Waals surface area contributed by atoms with Gasteiger partial charge < -0.3 is 15.4 Å². The quantitative estimate of drug-likeness (QED) is 0.877. The highest BCUT2D eigenvalue weighted by Gasteiger charge is 2.16. The summed E-state index contributed by atoms with van der Waals surface area (Å²) in [6.07, 6.45) is 5.00. The number of hydrogen-bond acceptors (Lipinski definition) is 5. The lowest BCUT2D eigenvalue weighted by molar-refractivity contribution is 0.415. The standard InChI is InChI=1S/C17H22N4O/c1-12-11-16(19-14-7-9-15(22-2)10-8-14)21-17(18-12)20-13-5-3-4-6-13/h7-11,13H,3-6H2,1-2H3,(H2,18,19,20,21). The van der Waals surface area contributed by atoms with E-state index >= 15 is 0 Å². The molecule has 0 amide bonds. The number of nitrogens with zero attached hydrogens (tertiary/aromatic N) is 2. The normalized spacial score (nSPS) is 14.8. The molecule has 0 radical (unpaired) electrons. The topological polar surface area (TPSA) is 59.1 Å². The number of ether oxygens (including phenoxy) is 1.